The van der Waals surface area contributed by atoms with Crippen LogP contribution in [0.1, 0.15) is 37.8 Å². The standard InChI is InChI=1S/C17H23N3O2/c1-22-15-8-5-11-20-12-14(19-16(15)20)9-10-18-17(21)13-6-3-2-4-7-13/h5,8,11-13H,2-4,6-7,9-10H2,1H3,(H,18,21). The Morgan fingerprint density at radius 2 is 2.23 bits per heavy atom. The van der Waals surface area contributed by atoms with Crippen LogP contribution in [0.25, 0.3) is 5.65 Å². The Morgan fingerprint density at radius 1 is 1.41 bits per heavy atom. The zero-order chi connectivity index (χ0) is 15.4. The van der Waals surface area contributed by atoms with E-state index in [4.69, 9.17) is 4.74 Å². The molecule has 1 aliphatic carbocycles. The molecule has 2 aromatic heterocycles. The predicted octanol–water partition coefficient (Wildman–Crippen LogP) is 2.58. The van der Waals surface area contributed by atoms with Gasteiger partial charge >= 0.3 is 0 Å². The average Bonchev–Trinajstić information content (AvgIpc) is 2.98. The molecular weight excluding hydrogens is 278 g/mol. The third-order valence-electron chi connectivity index (χ3n) is 4.37. The van der Waals surface area contributed by atoms with Crippen molar-refractivity contribution in [1.29, 1.82) is 0 Å². The van der Waals surface area contributed by atoms with Gasteiger partial charge in [0.2, 0.25) is 5.91 Å². The van der Waals surface area contributed by atoms with Gasteiger partial charge in [-0.05, 0) is 25.0 Å². The van der Waals surface area contributed by atoms with E-state index in [0.717, 1.165) is 36.4 Å². The summed E-state index contributed by atoms with van der Waals surface area (Å²) in [7, 11) is 1.65. The fourth-order valence-corrected chi connectivity index (χ4v) is 3.14. The van der Waals surface area contributed by atoms with Gasteiger partial charge in [-0.2, -0.15) is 0 Å². The van der Waals surface area contributed by atoms with Crippen molar-refractivity contribution in [2.45, 2.75) is 38.5 Å². The minimum absolute atomic E-state index is 0.209. The third-order valence-corrected chi connectivity index (χ3v) is 4.37. The molecule has 0 saturated heterocycles. The van der Waals surface area contributed by atoms with E-state index in [0.29, 0.717) is 6.54 Å². The second-order valence-corrected chi connectivity index (χ2v) is 5.92. The van der Waals surface area contributed by atoms with Crippen molar-refractivity contribution >= 4 is 11.6 Å². The molecule has 0 spiro atoms. The minimum Gasteiger partial charge on any atom is -0.493 e. The number of pyridine rings is 1. The Morgan fingerprint density at radius 3 is 3.00 bits per heavy atom. The summed E-state index contributed by atoms with van der Waals surface area (Å²) in [5.74, 6) is 1.19. The lowest BCUT2D eigenvalue weighted by atomic mass is 9.89. The maximum Gasteiger partial charge on any atom is 0.223 e. The number of imidazole rings is 1. The summed E-state index contributed by atoms with van der Waals surface area (Å²) in [5, 5.41) is 3.05. The molecule has 3 rings (SSSR count). The van der Waals surface area contributed by atoms with Crippen molar-refractivity contribution in [2.24, 2.45) is 5.92 Å². The van der Waals surface area contributed by atoms with Gasteiger partial charge in [-0.25, -0.2) is 4.98 Å². The van der Waals surface area contributed by atoms with Crippen LogP contribution in [-0.2, 0) is 11.2 Å². The first-order valence-electron chi connectivity index (χ1n) is 8.06. The molecule has 0 aromatic carbocycles. The molecule has 0 bridgehead atoms. The molecule has 118 valence electrons. The van der Waals surface area contributed by atoms with E-state index in [1.54, 1.807) is 7.11 Å². The zero-order valence-corrected chi connectivity index (χ0v) is 13.0. The van der Waals surface area contributed by atoms with Crippen LogP contribution in [0.4, 0.5) is 0 Å². The fourth-order valence-electron chi connectivity index (χ4n) is 3.14. The first kappa shape index (κ1) is 14.9. The highest BCUT2D eigenvalue weighted by Crippen LogP contribution is 2.23. The van der Waals surface area contributed by atoms with E-state index in [1.165, 1.54) is 19.3 Å². The van der Waals surface area contributed by atoms with Crippen LogP contribution in [0.5, 0.6) is 5.75 Å². The lowest BCUT2D eigenvalue weighted by molar-refractivity contribution is -0.125. The van der Waals surface area contributed by atoms with Crippen molar-refractivity contribution in [3.63, 3.8) is 0 Å². The van der Waals surface area contributed by atoms with Crippen molar-refractivity contribution in [2.75, 3.05) is 13.7 Å². The maximum atomic E-state index is 12.1. The number of nitrogens with zero attached hydrogens (tertiary/aromatic N) is 2. The van der Waals surface area contributed by atoms with Gasteiger partial charge in [0, 0.05) is 31.3 Å². The Hall–Kier alpha value is -2.04. The van der Waals surface area contributed by atoms with Crippen molar-refractivity contribution in [1.82, 2.24) is 14.7 Å². The van der Waals surface area contributed by atoms with Gasteiger partial charge in [0.1, 0.15) is 0 Å². The van der Waals surface area contributed by atoms with E-state index in [2.05, 4.69) is 10.3 Å². The number of aromatic nitrogens is 2. The van der Waals surface area contributed by atoms with Gasteiger partial charge in [-0.3, -0.25) is 4.79 Å². The highest BCUT2D eigenvalue weighted by molar-refractivity contribution is 5.78. The van der Waals surface area contributed by atoms with Crippen molar-refractivity contribution in [3.8, 4) is 5.75 Å². The molecule has 1 saturated carbocycles. The molecule has 0 unspecified atom stereocenters. The number of carbonyl (C=O) groups is 1. The number of hydrogen-bond donors (Lipinski definition) is 1. The van der Waals surface area contributed by atoms with Crippen LogP contribution in [0.3, 0.4) is 0 Å². The molecule has 5 nitrogen and oxygen atoms in total. The molecule has 0 atom stereocenters. The molecular formula is C17H23N3O2. The van der Waals surface area contributed by atoms with Crippen molar-refractivity contribution < 1.29 is 9.53 Å². The number of ether oxygens (including phenoxy) is 1. The van der Waals surface area contributed by atoms with Crippen LogP contribution >= 0.6 is 0 Å². The topological polar surface area (TPSA) is 55.6 Å². The van der Waals surface area contributed by atoms with Crippen LogP contribution in [0, 0.1) is 5.92 Å². The van der Waals surface area contributed by atoms with Gasteiger partial charge < -0.3 is 14.5 Å². The van der Waals surface area contributed by atoms with Crippen LogP contribution in [0.2, 0.25) is 0 Å². The number of hydrogen-bond acceptors (Lipinski definition) is 3. The Bertz CT molecular complexity index is 644. The average molecular weight is 301 g/mol. The molecule has 5 heteroatoms. The van der Waals surface area contributed by atoms with Crippen molar-refractivity contribution in [3.05, 3.63) is 30.2 Å². The Kier molecular flexibility index (Phi) is 4.61. The second-order valence-electron chi connectivity index (χ2n) is 5.92. The number of amides is 1. The normalized spacial score (nSPS) is 15.9. The molecule has 1 amide bonds. The summed E-state index contributed by atoms with van der Waals surface area (Å²) >= 11 is 0. The van der Waals surface area contributed by atoms with E-state index >= 15 is 0 Å². The monoisotopic (exact) mass is 301 g/mol. The molecule has 1 N–H and O–H groups in total. The number of methoxy groups -OCH3 is 1. The van der Waals surface area contributed by atoms with E-state index in [1.807, 2.05) is 28.9 Å². The van der Waals surface area contributed by atoms with Gasteiger partial charge in [-0.1, -0.05) is 19.3 Å². The molecule has 22 heavy (non-hydrogen) atoms. The van der Waals surface area contributed by atoms with E-state index in [9.17, 15) is 4.79 Å². The predicted molar refractivity (Wildman–Crippen MR) is 85.0 cm³/mol. The summed E-state index contributed by atoms with van der Waals surface area (Å²) < 4.78 is 7.27. The quantitative estimate of drug-likeness (QED) is 0.923. The summed E-state index contributed by atoms with van der Waals surface area (Å²) in [6.45, 7) is 0.640. The molecule has 1 fully saturated rings. The zero-order valence-electron chi connectivity index (χ0n) is 13.0. The number of nitrogens with one attached hydrogen (secondary N) is 1. The molecule has 0 aliphatic heterocycles. The smallest absolute Gasteiger partial charge is 0.223 e. The molecule has 2 heterocycles. The Labute approximate surface area is 130 Å². The van der Waals surface area contributed by atoms with E-state index in [-0.39, 0.29) is 11.8 Å². The first-order valence-corrected chi connectivity index (χ1v) is 8.06. The second kappa shape index (κ2) is 6.81. The van der Waals surface area contributed by atoms with Crippen LogP contribution in [-0.4, -0.2) is 28.9 Å². The van der Waals surface area contributed by atoms with Gasteiger partial charge in [0.15, 0.2) is 11.4 Å². The number of rotatable bonds is 5. The summed E-state index contributed by atoms with van der Waals surface area (Å²) in [5.41, 5.74) is 1.78. The van der Waals surface area contributed by atoms with E-state index < -0.39 is 0 Å². The summed E-state index contributed by atoms with van der Waals surface area (Å²) in [4.78, 5) is 16.7. The summed E-state index contributed by atoms with van der Waals surface area (Å²) in [6.07, 6.45) is 10.4. The molecule has 2 aromatic rings. The SMILES string of the molecule is COc1cccn2cc(CCNC(=O)C3CCCCC3)nc12. The highest BCUT2D eigenvalue weighted by atomic mass is 16.5. The lowest BCUT2D eigenvalue weighted by Gasteiger charge is -2.20. The minimum atomic E-state index is 0.209. The lowest BCUT2D eigenvalue weighted by Crippen LogP contribution is -2.33. The number of fused-ring (bicyclic) bond motifs is 1. The molecule has 0 radical (unpaired) electrons. The Balaban J connectivity index is 1.56. The largest absolute Gasteiger partial charge is 0.493 e. The molecule has 1 aliphatic rings. The summed E-state index contributed by atoms with van der Waals surface area (Å²) in [6, 6.07) is 3.83. The third kappa shape index (κ3) is 3.24. The fraction of sp³-hybridized carbons (Fsp3) is 0.529. The first-order chi connectivity index (χ1) is 10.8. The van der Waals surface area contributed by atoms with Gasteiger partial charge in [0.05, 0.1) is 12.8 Å². The van der Waals surface area contributed by atoms with Gasteiger partial charge in [-0.15, -0.1) is 0 Å². The van der Waals surface area contributed by atoms with Crippen LogP contribution in [0.15, 0.2) is 24.5 Å². The highest BCUT2D eigenvalue weighted by Gasteiger charge is 2.20. The maximum absolute atomic E-state index is 12.1. The van der Waals surface area contributed by atoms with Gasteiger partial charge in [0.25, 0.3) is 0 Å². The van der Waals surface area contributed by atoms with Crippen LogP contribution < -0.4 is 10.1 Å². The number of carbonyl (C=O) groups excluding carboxylic acids is 1.